The van der Waals surface area contributed by atoms with E-state index < -0.39 is 30.0 Å². The molecule has 1 aromatic heterocycles. The molecule has 8 heteroatoms. The van der Waals surface area contributed by atoms with Crippen LogP contribution in [0.5, 0.6) is 5.88 Å². The second kappa shape index (κ2) is 15.0. The molecular formula is C31H40N2O6. The van der Waals surface area contributed by atoms with Gasteiger partial charge in [0.25, 0.3) is 0 Å². The number of ether oxygens (including phenoxy) is 3. The minimum atomic E-state index is -0.797. The van der Waals surface area contributed by atoms with Crippen LogP contribution in [0.4, 0.5) is 0 Å². The number of carbonyl (C=O) groups is 3. The van der Waals surface area contributed by atoms with Crippen LogP contribution in [0, 0.1) is 5.92 Å². The van der Waals surface area contributed by atoms with E-state index in [9.17, 15) is 14.4 Å². The average molecular weight is 537 g/mol. The molecule has 0 radical (unpaired) electrons. The highest BCUT2D eigenvalue weighted by atomic mass is 16.5. The lowest BCUT2D eigenvalue weighted by molar-refractivity contribution is -0.156. The summed E-state index contributed by atoms with van der Waals surface area (Å²) in [6.07, 6.45) is 8.62. The third-order valence-electron chi connectivity index (χ3n) is 6.86. The van der Waals surface area contributed by atoms with Crippen LogP contribution in [-0.4, -0.2) is 59.6 Å². The van der Waals surface area contributed by atoms with Crippen molar-refractivity contribution in [2.75, 3.05) is 19.8 Å². The van der Waals surface area contributed by atoms with Crippen molar-refractivity contribution >= 4 is 34.7 Å². The number of esters is 2. The Kier molecular flexibility index (Phi) is 11.5. The quantitative estimate of drug-likeness (QED) is 0.169. The van der Waals surface area contributed by atoms with Gasteiger partial charge < -0.3 is 19.1 Å². The summed E-state index contributed by atoms with van der Waals surface area (Å²) in [5.74, 6) is -1.29. The van der Waals surface area contributed by atoms with Gasteiger partial charge in [0.05, 0.1) is 26.2 Å². The van der Waals surface area contributed by atoms with Crippen LogP contribution in [0.1, 0.15) is 64.4 Å². The zero-order valence-corrected chi connectivity index (χ0v) is 23.1. The summed E-state index contributed by atoms with van der Waals surface area (Å²) in [6, 6.07) is 6.99. The summed E-state index contributed by atoms with van der Waals surface area (Å²) >= 11 is 0. The predicted molar refractivity (Wildman–Crippen MR) is 151 cm³/mol. The second-order valence-electron chi connectivity index (χ2n) is 9.73. The Morgan fingerprint density at radius 1 is 1.15 bits per heavy atom. The molecule has 0 unspecified atom stereocenters. The number of fused-ring (bicyclic) bond motifs is 1. The molecule has 1 fully saturated rings. The zero-order chi connectivity index (χ0) is 28.2. The van der Waals surface area contributed by atoms with Gasteiger partial charge in [-0.25, -0.2) is 9.78 Å². The van der Waals surface area contributed by atoms with Crippen LogP contribution < -0.4 is 4.74 Å². The van der Waals surface area contributed by atoms with E-state index in [1.807, 2.05) is 31.2 Å². The van der Waals surface area contributed by atoms with Gasteiger partial charge in [-0.15, -0.1) is 6.58 Å². The number of likely N-dealkylation sites (tertiary alicyclic amines) is 1. The highest BCUT2D eigenvalue weighted by molar-refractivity contribution is 5.90. The fourth-order valence-electron chi connectivity index (χ4n) is 4.80. The van der Waals surface area contributed by atoms with Crippen molar-refractivity contribution in [1.29, 1.82) is 0 Å². The maximum Gasteiger partial charge on any atom is 0.328 e. The van der Waals surface area contributed by atoms with E-state index >= 15 is 0 Å². The monoisotopic (exact) mass is 536 g/mol. The maximum atomic E-state index is 13.8. The number of amides is 1. The van der Waals surface area contributed by atoms with E-state index in [4.69, 9.17) is 14.2 Å². The van der Waals surface area contributed by atoms with Crippen LogP contribution in [0.3, 0.4) is 0 Å². The Balaban J connectivity index is 1.80. The Morgan fingerprint density at radius 3 is 2.69 bits per heavy atom. The van der Waals surface area contributed by atoms with Crippen LogP contribution >= 0.6 is 0 Å². The van der Waals surface area contributed by atoms with Gasteiger partial charge in [-0.2, -0.15) is 0 Å². The fourth-order valence-corrected chi connectivity index (χ4v) is 4.80. The fraction of sp³-hybridized carbons (Fsp3) is 0.484. The number of benzene rings is 1. The largest absolute Gasteiger partial charge is 0.472 e. The van der Waals surface area contributed by atoms with E-state index in [0.717, 1.165) is 35.6 Å². The first-order chi connectivity index (χ1) is 18.9. The van der Waals surface area contributed by atoms with Gasteiger partial charge in [0, 0.05) is 23.9 Å². The third-order valence-corrected chi connectivity index (χ3v) is 6.86. The van der Waals surface area contributed by atoms with Gasteiger partial charge in [0.15, 0.2) is 0 Å². The molecule has 1 aliphatic rings. The van der Waals surface area contributed by atoms with Gasteiger partial charge in [-0.3, -0.25) is 9.59 Å². The van der Waals surface area contributed by atoms with Crippen molar-refractivity contribution in [2.24, 2.45) is 5.92 Å². The first kappa shape index (κ1) is 29.9. The number of rotatable bonds is 15. The van der Waals surface area contributed by atoms with Gasteiger partial charge in [-0.05, 0) is 49.3 Å². The van der Waals surface area contributed by atoms with E-state index in [1.165, 1.54) is 4.90 Å². The number of hydrogen-bond donors (Lipinski definition) is 0. The first-order valence-corrected chi connectivity index (χ1v) is 13.8. The Bertz CT molecular complexity index is 1160. The van der Waals surface area contributed by atoms with Gasteiger partial charge in [0.1, 0.15) is 12.1 Å². The summed E-state index contributed by atoms with van der Waals surface area (Å²) < 4.78 is 17.0. The second-order valence-corrected chi connectivity index (χ2v) is 9.73. The van der Waals surface area contributed by atoms with Crippen LogP contribution in [-0.2, 0) is 23.9 Å². The Morgan fingerprint density at radius 2 is 1.97 bits per heavy atom. The van der Waals surface area contributed by atoms with Crippen molar-refractivity contribution in [3.63, 3.8) is 0 Å². The predicted octanol–water partition coefficient (Wildman–Crippen LogP) is 5.50. The molecule has 1 aromatic carbocycles. The molecule has 1 aliphatic heterocycles. The van der Waals surface area contributed by atoms with Crippen molar-refractivity contribution in [1.82, 2.24) is 9.88 Å². The molecule has 1 saturated heterocycles. The molecule has 2 aromatic rings. The lowest BCUT2D eigenvalue weighted by atomic mass is 9.96. The van der Waals surface area contributed by atoms with Crippen molar-refractivity contribution in [3.8, 4) is 5.88 Å². The molecule has 3 rings (SSSR count). The summed E-state index contributed by atoms with van der Waals surface area (Å²) in [6.45, 7) is 12.0. The molecule has 3 atom stereocenters. The van der Waals surface area contributed by atoms with Crippen LogP contribution in [0.25, 0.3) is 16.8 Å². The number of hydrogen-bond acceptors (Lipinski definition) is 7. The van der Waals surface area contributed by atoms with Crippen molar-refractivity contribution in [3.05, 3.63) is 55.3 Å². The molecule has 39 heavy (non-hydrogen) atoms. The molecule has 0 aliphatic carbocycles. The number of allylic oxidation sites excluding steroid dienone is 1. The summed E-state index contributed by atoms with van der Waals surface area (Å²) in [4.78, 5) is 45.2. The molecule has 8 nitrogen and oxygen atoms in total. The molecule has 210 valence electrons. The molecule has 0 bridgehead atoms. The standard InChI is InChI=1S/C31H40N2O6/c1-5-9-11-17-38-28(34)19-24(12-10-6-2)30(35)33-21-25(20-27(33)31(36)37-8-4)39-29-26-18-22(7-3)13-14-23(26)15-16-32-29/h5,7,13-16,18,24-25,27H,1,3,6,8-12,17,19-21H2,2,4H3/t24-,25-,27+/m1/s1. The summed E-state index contributed by atoms with van der Waals surface area (Å²) in [7, 11) is 0. The van der Waals surface area contributed by atoms with Crippen molar-refractivity contribution < 1.29 is 28.6 Å². The maximum absolute atomic E-state index is 13.8. The van der Waals surface area contributed by atoms with Gasteiger partial charge in [0.2, 0.25) is 11.8 Å². The number of carbonyl (C=O) groups excluding carboxylic acids is 3. The lowest BCUT2D eigenvalue weighted by Gasteiger charge is -2.27. The lowest BCUT2D eigenvalue weighted by Crippen LogP contribution is -2.45. The normalized spacial score (nSPS) is 17.4. The molecule has 0 spiro atoms. The topological polar surface area (TPSA) is 95.0 Å². The number of aromatic nitrogens is 1. The van der Waals surface area contributed by atoms with Crippen molar-refractivity contribution in [2.45, 2.75) is 70.9 Å². The average Bonchev–Trinajstić information content (AvgIpc) is 3.37. The van der Waals surface area contributed by atoms with E-state index in [0.29, 0.717) is 18.7 Å². The molecule has 0 saturated carbocycles. The Labute approximate surface area is 231 Å². The van der Waals surface area contributed by atoms with E-state index in [2.05, 4.69) is 18.1 Å². The Hall–Kier alpha value is -3.68. The summed E-state index contributed by atoms with van der Waals surface area (Å²) in [5, 5.41) is 1.79. The van der Waals surface area contributed by atoms with Gasteiger partial charge >= 0.3 is 11.9 Å². The van der Waals surface area contributed by atoms with Crippen LogP contribution in [0.15, 0.2) is 49.7 Å². The van der Waals surface area contributed by atoms with E-state index in [-0.39, 0.29) is 38.5 Å². The van der Waals surface area contributed by atoms with Crippen LogP contribution in [0.2, 0.25) is 0 Å². The molecule has 2 heterocycles. The molecule has 0 N–H and O–H groups in total. The highest BCUT2D eigenvalue weighted by Gasteiger charge is 2.44. The van der Waals surface area contributed by atoms with E-state index in [1.54, 1.807) is 25.3 Å². The SMILES string of the molecule is C=CCCCOC(=O)C[C@@H](CCCC)C(=O)N1C[C@H](Oc2nccc3ccc(C=C)cc23)C[C@H]1C(=O)OCC. The zero-order valence-electron chi connectivity index (χ0n) is 23.1. The van der Waals surface area contributed by atoms with Gasteiger partial charge in [-0.1, -0.05) is 50.6 Å². The first-order valence-electron chi connectivity index (χ1n) is 13.8. The smallest absolute Gasteiger partial charge is 0.328 e. The minimum absolute atomic E-state index is 0.0281. The number of pyridine rings is 1. The summed E-state index contributed by atoms with van der Waals surface area (Å²) in [5.41, 5.74) is 0.933. The number of nitrogens with zero attached hydrogens (tertiary/aromatic N) is 2. The molecular weight excluding hydrogens is 496 g/mol. The highest BCUT2D eigenvalue weighted by Crippen LogP contribution is 2.31. The minimum Gasteiger partial charge on any atom is -0.472 e. The third kappa shape index (κ3) is 8.15. The molecule has 1 amide bonds. The number of unbranched alkanes of at least 4 members (excludes halogenated alkanes) is 2.